The Bertz CT molecular complexity index is 1560. The third-order valence-corrected chi connectivity index (χ3v) is 6.92. The molecule has 0 bridgehead atoms. The van der Waals surface area contributed by atoms with E-state index in [9.17, 15) is 14.4 Å². The Morgan fingerprint density at radius 2 is 1.81 bits per heavy atom. The van der Waals surface area contributed by atoms with E-state index in [1.807, 2.05) is 18.2 Å². The Balaban J connectivity index is 1.86. The fraction of sp³-hybridized carbons (Fsp3) is 0.241. The second-order valence-electron chi connectivity index (χ2n) is 8.95. The van der Waals surface area contributed by atoms with Gasteiger partial charge in [0.15, 0.2) is 4.80 Å². The summed E-state index contributed by atoms with van der Waals surface area (Å²) in [7, 11) is 0. The van der Waals surface area contributed by atoms with Gasteiger partial charge in [-0.1, -0.05) is 74.2 Å². The zero-order chi connectivity index (χ0) is 26.7. The highest BCUT2D eigenvalue weighted by Gasteiger charge is 2.33. The van der Waals surface area contributed by atoms with Crippen molar-refractivity contribution in [1.29, 1.82) is 0 Å². The number of carbonyl (C=O) groups is 2. The van der Waals surface area contributed by atoms with Gasteiger partial charge in [0.2, 0.25) is 0 Å². The molecule has 0 spiro atoms. The van der Waals surface area contributed by atoms with Crippen LogP contribution in [0.25, 0.3) is 6.08 Å². The number of hydrogen-bond acceptors (Lipinski definition) is 7. The van der Waals surface area contributed by atoms with Gasteiger partial charge in [-0.2, -0.15) is 0 Å². The number of nitrogens with zero attached hydrogens (tertiary/aromatic N) is 2. The summed E-state index contributed by atoms with van der Waals surface area (Å²) in [5.41, 5.74) is 3.25. The van der Waals surface area contributed by atoms with Crippen molar-refractivity contribution in [2.75, 3.05) is 6.61 Å². The van der Waals surface area contributed by atoms with Gasteiger partial charge in [-0.3, -0.25) is 14.2 Å². The number of esters is 2. The lowest BCUT2D eigenvalue weighted by Gasteiger charge is -2.24. The average Bonchev–Trinajstić information content (AvgIpc) is 3.16. The van der Waals surface area contributed by atoms with Crippen molar-refractivity contribution >= 4 is 29.4 Å². The predicted octanol–water partition coefficient (Wildman–Crippen LogP) is 4.01. The van der Waals surface area contributed by atoms with Crippen molar-refractivity contribution in [2.45, 2.75) is 39.7 Å². The maximum atomic E-state index is 13.7. The Hall–Kier alpha value is -4.04. The highest BCUT2D eigenvalue weighted by Crippen LogP contribution is 2.31. The van der Waals surface area contributed by atoms with E-state index in [0.29, 0.717) is 32.3 Å². The van der Waals surface area contributed by atoms with Crippen molar-refractivity contribution in [1.82, 2.24) is 4.57 Å². The van der Waals surface area contributed by atoms with Crippen molar-refractivity contribution in [3.05, 3.63) is 109 Å². The minimum Gasteiger partial charge on any atom is -0.458 e. The van der Waals surface area contributed by atoms with Crippen LogP contribution in [-0.2, 0) is 14.3 Å². The van der Waals surface area contributed by atoms with Crippen molar-refractivity contribution in [3.63, 3.8) is 0 Å². The van der Waals surface area contributed by atoms with E-state index in [2.05, 4.69) is 37.6 Å². The van der Waals surface area contributed by atoms with Crippen molar-refractivity contribution in [2.24, 2.45) is 4.99 Å². The molecule has 2 heterocycles. The second-order valence-corrected chi connectivity index (χ2v) is 9.96. The maximum absolute atomic E-state index is 13.7. The Morgan fingerprint density at radius 1 is 1.14 bits per heavy atom. The van der Waals surface area contributed by atoms with Gasteiger partial charge in [0.05, 0.1) is 21.8 Å². The number of aromatic nitrogens is 1. The number of rotatable bonds is 7. The molecule has 1 atom stereocenters. The highest BCUT2D eigenvalue weighted by atomic mass is 32.1. The molecule has 2 aromatic carbocycles. The summed E-state index contributed by atoms with van der Waals surface area (Å²) in [6.07, 6.45) is 3.32. The van der Waals surface area contributed by atoms with Crippen LogP contribution >= 0.6 is 11.3 Å². The van der Waals surface area contributed by atoms with Crippen LogP contribution in [0.4, 0.5) is 0 Å². The third kappa shape index (κ3) is 5.54. The molecule has 0 unspecified atom stereocenters. The minimum atomic E-state index is -0.759. The summed E-state index contributed by atoms with van der Waals surface area (Å²) in [4.78, 5) is 43.2. The van der Waals surface area contributed by atoms with Crippen LogP contribution in [-0.4, -0.2) is 23.1 Å². The molecule has 0 fully saturated rings. The summed E-state index contributed by atoms with van der Waals surface area (Å²) < 4.78 is 12.5. The first kappa shape index (κ1) is 26.0. The zero-order valence-corrected chi connectivity index (χ0v) is 22.0. The van der Waals surface area contributed by atoms with E-state index < -0.39 is 18.0 Å². The van der Waals surface area contributed by atoms with Gasteiger partial charge in [0.25, 0.3) is 5.56 Å². The largest absolute Gasteiger partial charge is 0.458 e. The number of fused-ring (bicyclic) bond motifs is 1. The molecule has 8 heteroatoms. The fourth-order valence-corrected chi connectivity index (χ4v) is 5.17. The number of hydrogen-bond donors (Lipinski definition) is 0. The number of ether oxygens (including phenoxy) is 2. The lowest BCUT2D eigenvalue weighted by molar-refractivity contribution is -0.138. The first-order valence-corrected chi connectivity index (χ1v) is 12.7. The number of thiazole rings is 1. The summed E-state index contributed by atoms with van der Waals surface area (Å²) in [6.45, 7) is 10.9. The summed E-state index contributed by atoms with van der Waals surface area (Å²) >= 11 is 1.27. The minimum absolute atomic E-state index is 0.0323. The SMILES string of the molecule is C=CCOC(=O)C1=C(C)N=c2s/c(=C\c3ccc(C(C)C)cc3)c(=O)n2[C@H]1c1ccc(OC(C)=O)cc1. The lowest BCUT2D eigenvalue weighted by atomic mass is 9.96. The van der Waals surface area contributed by atoms with E-state index in [0.717, 1.165) is 5.56 Å². The molecule has 1 aliphatic heterocycles. The van der Waals surface area contributed by atoms with Crippen LogP contribution in [0, 0.1) is 0 Å². The summed E-state index contributed by atoms with van der Waals surface area (Å²) in [5, 5.41) is 0. The summed E-state index contributed by atoms with van der Waals surface area (Å²) in [6, 6.07) is 14.0. The molecule has 0 saturated heterocycles. The van der Waals surface area contributed by atoms with Gasteiger partial charge in [0, 0.05) is 6.92 Å². The maximum Gasteiger partial charge on any atom is 0.338 e. The first-order chi connectivity index (χ1) is 17.7. The molecular weight excluding hydrogens is 488 g/mol. The Kier molecular flexibility index (Phi) is 7.69. The quantitative estimate of drug-likeness (QED) is 0.269. The van der Waals surface area contributed by atoms with Gasteiger partial charge < -0.3 is 9.47 Å². The molecular formula is C29H28N2O5S. The second kappa shape index (κ2) is 10.9. The van der Waals surface area contributed by atoms with Crippen LogP contribution in [0.3, 0.4) is 0 Å². The van der Waals surface area contributed by atoms with E-state index in [1.165, 1.54) is 34.5 Å². The van der Waals surface area contributed by atoms with Crippen molar-refractivity contribution < 1.29 is 19.1 Å². The zero-order valence-electron chi connectivity index (χ0n) is 21.2. The molecule has 0 N–H and O–H groups in total. The van der Waals surface area contributed by atoms with Gasteiger partial charge in [-0.15, -0.1) is 0 Å². The van der Waals surface area contributed by atoms with E-state index in [1.54, 1.807) is 31.2 Å². The van der Waals surface area contributed by atoms with Gasteiger partial charge in [-0.05, 0) is 47.7 Å². The number of carbonyl (C=O) groups excluding carboxylic acids is 2. The smallest absolute Gasteiger partial charge is 0.338 e. The standard InChI is InChI=1S/C29H28N2O5S/c1-6-15-35-28(34)25-18(4)30-29-31(26(25)22-11-13-23(14-12-22)36-19(5)32)27(33)24(37-29)16-20-7-9-21(10-8-20)17(2)3/h6-14,16-17,26H,1,15H2,2-5H3/b24-16-/t26-/m0/s1. The van der Waals surface area contributed by atoms with E-state index in [4.69, 9.17) is 9.47 Å². The number of benzene rings is 2. The molecule has 0 aliphatic carbocycles. The molecule has 0 amide bonds. The van der Waals surface area contributed by atoms with Crippen LogP contribution < -0.4 is 19.6 Å². The normalized spacial score (nSPS) is 15.3. The average molecular weight is 517 g/mol. The van der Waals surface area contributed by atoms with E-state index in [-0.39, 0.29) is 17.7 Å². The molecule has 0 saturated carbocycles. The van der Waals surface area contributed by atoms with Crippen LogP contribution in [0.15, 0.2) is 82.2 Å². The topological polar surface area (TPSA) is 87.0 Å². The fourth-order valence-electron chi connectivity index (χ4n) is 4.12. The number of allylic oxidation sites excluding steroid dienone is 1. The van der Waals surface area contributed by atoms with Crippen molar-refractivity contribution in [3.8, 4) is 5.75 Å². The van der Waals surface area contributed by atoms with Gasteiger partial charge in [0.1, 0.15) is 12.4 Å². The van der Waals surface area contributed by atoms with Crippen LogP contribution in [0.5, 0.6) is 5.75 Å². The molecule has 37 heavy (non-hydrogen) atoms. The molecule has 4 rings (SSSR count). The van der Waals surface area contributed by atoms with Crippen LogP contribution in [0.2, 0.25) is 0 Å². The monoisotopic (exact) mass is 516 g/mol. The molecule has 0 radical (unpaired) electrons. The summed E-state index contributed by atoms with van der Waals surface area (Å²) in [5.74, 6) is -0.237. The Morgan fingerprint density at radius 3 is 2.41 bits per heavy atom. The Labute approximate surface area is 218 Å². The van der Waals surface area contributed by atoms with Crippen LogP contribution in [0.1, 0.15) is 56.3 Å². The third-order valence-electron chi connectivity index (χ3n) is 5.93. The first-order valence-electron chi connectivity index (χ1n) is 11.9. The van der Waals surface area contributed by atoms with Gasteiger partial charge in [-0.25, -0.2) is 9.79 Å². The molecule has 3 aromatic rings. The lowest BCUT2D eigenvalue weighted by Crippen LogP contribution is -2.39. The highest BCUT2D eigenvalue weighted by molar-refractivity contribution is 7.07. The molecule has 190 valence electrons. The molecule has 1 aromatic heterocycles. The van der Waals surface area contributed by atoms with E-state index >= 15 is 0 Å². The molecule has 1 aliphatic rings. The van der Waals surface area contributed by atoms with Gasteiger partial charge >= 0.3 is 11.9 Å². The predicted molar refractivity (Wildman–Crippen MR) is 143 cm³/mol. The molecule has 7 nitrogen and oxygen atoms in total.